The highest BCUT2D eigenvalue weighted by molar-refractivity contribution is 5.79. The number of nitrogens with zero attached hydrogens (tertiary/aromatic N) is 3. The van der Waals surface area contributed by atoms with Gasteiger partial charge in [0.25, 0.3) is 0 Å². The molecular formula is C19H30N4O. The van der Waals surface area contributed by atoms with Gasteiger partial charge in [-0.1, -0.05) is 13.0 Å². The Hall–Kier alpha value is -1.62. The first-order valence-corrected chi connectivity index (χ1v) is 9.45. The summed E-state index contributed by atoms with van der Waals surface area (Å²) in [6.45, 7) is 7.42. The highest BCUT2D eigenvalue weighted by atomic mass is 16.2. The average Bonchev–Trinajstić information content (AvgIpc) is 2.64. The number of carbonyl (C=O) groups is 1. The molecule has 2 saturated heterocycles. The van der Waals surface area contributed by atoms with Gasteiger partial charge in [0.1, 0.15) is 5.82 Å². The van der Waals surface area contributed by atoms with E-state index >= 15 is 0 Å². The fraction of sp³-hybridized carbons (Fsp3) is 0.684. The lowest BCUT2D eigenvalue weighted by Crippen LogP contribution is -2.49. The summed E-state index contributed by atoms with van der Waals surface area (Å²) in [4.78, 5) is 21.9. The summed E-state index contributed by atoms with van der Waals surface area (Å²) in [5, 5.41) is 3.31. The van der Waals surface area contributed by atoms with Crippen molar-refractivity contribution in [2.75, 3.05) is 37.6 Å². The van der Waals surface area contributed by atoms with Crippen LogP contribution in [0.15, 0.2) is 24.4 Å². The van der Waals surface area contributed by atoms with E-state index in [1.165, 1.54) is 13.0 Å². The number of likely N-dealkylation sites (tertiary alicyclic amines) is 1. The third-order valence-electron chi connectivity index (χ3n) is 5.24. The van der Waals surface area contributed by atoms with Gasteiger partial charge < -0.3 is 15.1 Å². The van der Waals surface area contributed by atoms with Crippen LogP contribution in [0.1, 0.15) is 39.0 Å². The number of rotatable bonds is 5. The second-order valence-electron chi connectivity index (χ2n) is 7.10. The molecule has 24 heavy (non-hydrogen) atoms. The molecule has 2 aliphatic rings. The summed E-state index contributed by atoms with van der Waals surface area (Å²) in [5.74, 6) is 1.32. The number of nitrogens with one attached hydrogen (secondary N) is 1. The zero-order valence-electron chi connectivity index (χ0n) is 14.8. The third kappa shape index (κ3) is 4.47. The SMILES string of the molecule is CCCN1CCC(NC(=O)[C@H]2CCCN(c3ccccn3)C2)CC1. The van der Waals surface area contributed by atoms with E-state index in [2.05, 4.69) is 27.0 Å². The van der Waals surface area contributed by atoms with E-state index in [0.29, 0.717) is 6.04 Å². The first-order chi connectivity index (χ1) is 11.8. The number of amides is 1. The fourth-order valence-corrected chi connectivity index (χ4v) is 3.88. The van der Waals surface area contributed by atoms with Crippen LogP contribution < -0.4 is 10.2 Å². The molecule has 0 spiro atoms. The van der Waals surface area contributed by atoms with Crippen LogP contribution in [-0.4, -0.2) is 54.6 Å². The molecule has 2 fully saturated rings. The fourth-order valence-electron chi connectivity index (χ4n) is 3.88. The molecule has 5 nitrogen and oxygen atoms in total. The molecule has 1 atom stereocenters. The Morgan fingerprint density at radius 3 is 2.79 bits per heavy atom. The van der Waals surface area contributed by atoms with E-state index in [4.69, 9.17) is 0 Å². The molecular weight excluding hydrogens is 300 g/mol. The van der Waals surface area contributed by atoms with E-state index in [1.54, 1.807) is 0 Å². The molecule has 0 unspecified atom stereocenters. The molecule has 0 aliphatic carbocycles. The van der Waals surface area contributed by atoms with E-state index in [0.717, 1.165) is 57.7 Å². The van der Waals surface area contributed by atoms with E-state index < -0.39 is 0 Å². The Morgan fingerprint density at radius 2 is 2.08 bits per heavy atom. The molecule has 132 valence electrons. The van der Waals surface area contributed by atoms with Crippen LogP contribution in [-0.2, 0) is 4.79 Å². The average molecular weight is 330 g/mol. The molecule has 0 saturated carbocycles. The standard InChI is InChI=1S/C19H30N4O/c1-2-11-22-13-8-17(9-14-22)21-19(24)16-6-5-12-23(15-16)18-7-3-4-10-20-18/h3-4,7,10,16-17H,2,5-6,8-9,11-15H2,1H3,(H,21,24)/t16-/m0/s1. The van der Waals surface area contributed by atoms with Crippen LogP contribution >= 0.6 is 0 Å². The molecule has 5 heteroatoms. The van der Waals surface area contributed by atoms with Gasteiger partial charge in [-0.25, -0.2) is 4.98 Å². The minimum atomic E-state index is 0.0921. The van der Waals surface area contributed by atoms with Crippen molar-refractivity contribution in [3.63, 3.8) is 0 Å². The van der Waals surface area contributed by atoms with Crippen molar-refractivity contribution in [3.8, 4) is 0 Å². The van der Waals surface area contributed by atoms with Crippen molar-refractivity contribution < 1.29 is 4.79 Å². The van der Waals surface area contributed by atoms with Crippen molar-refractivity contribution in [3.05, 3.63) is 24.4 Å². The summed E-state index contributed by atoms with van der Waals surface area (Å²) >= 11 is 0. The Labute approximate surface area is 145 Å². The predicted octanol–water partition coefficient (Wildman–Crippen LogP) is 2.29. The number of piperidine rings is 2. The molecule has 3 rings (SSSR count). The molecule has 3 heterocycles. The first-order valence-electron chi connectivity index (χ1n) is 9.45. The number of aromatic nitrogens is 1. The van der Waals surface area contributed by atoms with Gasteiger partial charge in [-0.15, -0.1) is 0 Å². The molecule has 0 radical (unpaired) electrons. The Morgan fingerprint density at radius 1 is 1.25 bits per heavy atom. The van der Waals surface area contributed by atoms with Crippen LogP contribution in [0.3, 0.4) is 0 Å². The van der Waals surface area contributed by atoms with Crippen molar-refractivity contribution in [1.29, 1.82) is 0 Å². The largest absolute Gasteiger partial charge is 0.356 e. The number of hydrogen-bond donors (Lipinski definition) is 1. The van der Waals surface area contributed by atoms with Gasteiger partial charge >= 0.3 is 0 Å². The summed E-state index contributed by atoms with van der Waals surface area (Å²) in [6.07, 6.45) is 7.25. The van der Waals surface area contributed by atoms with Crippen LogP contribution in [0, 0.1) is 5.92 Å². The smallest absolute Gasteiger partial charge is 0.225 e. The maximum Gasteiger partial charge on any atom is 0.225 e. The maximum atomic E-state index is 12.7. The van der Waals surface area contributed by atoms with Gasteiger partial charge in [-0.3, -0.25) is 4.79 Å². The van der Waals surface area contributed by atoms with E-state index in [-0.39, 0.29) is 11.8 Å². The zero-order valence-corrected chi connectivity index (χ0v) is 14.8. The monoisotopic (exact) mass is 330 g/mol. The molecule has 1 aromatic heterocycles. The summed E-state index contributed by atoms with van der Waals surface area (Å²) in [6, 6.07) is 6.33. The maximum absolute atomic E-state index is 12.7. The first kappa shape index (κ1) is 17.2. The van der Waals surface area contributed by atoms with Gasteiger partial charge in [0.15, 0.2) is 0 Å². The van der Waals surface area contributed by atoms with Gasteiger partial charge in [-0.05, 0) is 50.8 Å². The topological polar surface area (TPSA) is 48.5 Å². The molecule has 1 amide bonds. The number of hydrogen-bond acceptors (Lipinski definition) is 4. The number of anilines is 1. The molecule has 1 aromatic rings. The highest BCUT2D eigenvalue weighted by Gasteiger charge is 2.28. The third-order valence-corrected chi connectivity index (χ3v) is 5.24. The van der Waals surface area contributed by atoms with Crippen molar-refractivity contribution >= 4 is 11.7 Å². The quantitative estimate of drug-likeness (QED) is 0.900. The van der Waals surface area contributed by atoms with Crippen molar-refractivity contribution in [2.45, 2.75) is 45.1 Å². The Bertz CT molecular complexity index is 513. The second kappa shape index (κ2) is 8.47. The minimum absolute atomic E-state index is 0.0921. The van der Waals surface area contributed by atoms with Crippen LogP contribution in [0.5, 0.6) is 0 Å². The summed E-state index contributed by atoms with van der Waals surface area (Å²) in [5.41, 5.74) is 0. The number of carbonyl (C=O) groups excluding carboxylic acids is 1. The van der Waals surface area contributed by atoms with Crippen LogP contribution in [0.4, 0.5) is 5.82 Å². The Balaban J connectivity index is 1.48. The van der Waals surface area contributed by atoms with E-state index in [1.807, 2.05) is 24.4 Å². The molecule has 2 aliphatic heterocycles. The second-order valence-corrected chi connectivity index (χ2v) is 7.10. The summed E-state index contributed by atoms with van der Waals surface area (Å²) in [7, 11) is 0. The van der Waals surface area contributed by atoms with Gasteiger partial charge in [0, 0.05) is 38.4 Å². The lowest BCUT2D eigenvalue weighted by atomic mass is 9.95. The van der Waals surface area contributed by atoms with Crippen molar-refractivity contribution in [1.82, 2.24) is 15.2 Å². The summed E-state index contributed by atoms with van der Waals surface area (Å²) < 4.78 is 0. The number of pyridine rings is 1. The normalized spacial score (nSPS) is 23.2. The Kier molecular flexibility index (Phi) is 6.07. The van der Waals surface area contributed by atoms with Crippen molar-refractivity contribution in [2.24, 2.45) is 5.92 Å². The molecule has 0 aromatic carbocycles. The molecule has 0 bridgehead atoms. The zero-order chi connectivity index (χ0) is 16.8. The van der Waals surface area contributed by atoms with Gasteiger partial charge in [0.2, 0.25) is 5.91 Å². The lowest BCUT2D eigenvalue weighted by Gasteiger charge is -2.35. The molecule has 1 N–H and O–H groups in total. The van der Waals surface area contributed by atoms with Gasteiger partial charge in [0.05, 0.1) is 5.92 Å². The van der Waals surface area contributed by atoms with Crippen LogP contribution in [0.25, 0.3) is 0 Å². The predicted molar refractivity (Wildman–Crippen MR) is 97.1 cm³/mol. The lowest BCUT2D eigenvalue weighted by molar-refractivity contribution is -0.126. The van der Waals surface area contributed by atoms with E-state index in [9.17, 15) is 4.79 Å². The van der Waals surface area contributed by atoms with Gasteiger partial charge in [-0.2, -0.15) is 0 Å². The highest BCUT2D eigenvalue weighted by Crippen LogP contribution is 2.22. The van der Waals surface area contributed by atoms with Crippen LogP contribution in [0.2, 0.25) is 0 Å². The minimum Gasteiger partial charge on any atom is -0.356 e.